The highest BCUT2D eigenvalue weighted by molar-refractivity contribution is 7.89. The van der Waals surface area contributed by atoms with Crippen molar-refractivity contribution in [1.82, 2.24) is 14.3 Å². The van der Waals surface area contributed by atoms with Gasteiger partial charge in [0.05, 0.1) is 18.1 Å². The number of ether oxygens (including phenoxy) is 1. The maximum absolute atomic E-state index is 14.4. The summed E-state index contributed by atoms with van der Waals surface area (Å²) >= 11 is 1.24. The Balaban J connectivity index is 1.65. The molecule has 0 spiro atoms. The molecule has 164 valence electrons. The van der Waals surface area contributed by atoms with E-state index in [-0.39, 0.29) is 32.0 Å². The highest BCUT2D eigenvalue weighted by Gasteiger charge is 2.29. The van der Waals surface area contributed by atoms with Gasteiger partial charge in [-0.25, -0.2) is 22.8 Å². The average molecular weight is 465 g/mol. The molecule has 3 aromatic rings. The Hall–Kier alpha value is -2.47. The molecule has 1 aromatic carbocycles. The number of amides is 1. The van der Waals surface area contributed by atoms with Crippen molar-refractivity contribution in [2.24, 2.45) is 0 Å². The second kappa shape index (κ2) is 8.23. The standard InChI is InChI=1S/C20H21FN4O4S2/c1-11-17-12(2)22-13(3)23-20(17)30-18(11)19(26)24-14-4-5-15(21)16(10-14)31(27,28)25-6-8-29-9-7-25/h4-5,10H,6-9H2,1-3H3,(H,24,26). The SMILES string of the molecule is Cc1nc(C)c2c(C)c(C(=O)Nc3ccc(F)c(S(=O)(=O)N4CCOCC4)c3)sc2n1. The maximum Gasteiger partial charge on any atom is 0.266 e. The largest absolute Gasteiger partial charge is 0.379 e. The highest BCUT2D eigenvalue weighted by atomic mass is 32.2. The summed E-state index contributed by atoms with van der Waals surface area (Å²) in [5.41, 5.74) is 1.73. The van der Waals surface area contributed by atoms with Gasteiger partial charge in [0.15, 0.2) is 0 Å². The first-order valence-electron chi connectivity index (χ1n) is 9.61. The monoisotopic (exact) mass is 464 g/mol. The Labute approximate surface area is 183 Å². The van der Waals surface area contributed by atoms with Crippen molar-refractivity contribution in [2.45, 2.75) is 25.7 Å². The maximum atomic E-state index is 14.4. The lowest BCUT2D eigenvalue weighted by Crippen LogP contribution is -2.40. The number of nitrogens with zero attached hydrogens (tertiary/aromatic N) is 3. The molecule has 0 aliphatic carbocycles. The van der Waals surface area contributed by atoms with Crippen molar-refractivity contribution >= 4 is 43.2 Å². The molecule has 0 atom stereocenters. The van der Waals surface area contributed by atoms with Crippen molar-refractivity contribution in [3.05, 3.63) is 46.0 Å². The van der Waals surface area contributed by atoms with Crippen LogP contribution in [0.2, 0.25) is 0 Å². The summed E-state index contributed by atoms with van der Waals surface area (Å²) in [4.78, 5) is 22.4. The zero-order chi connectivity index (χ0) is 22.3. The molecule has 0 unspecified atom stereocenters. The Bertz CT molecular complexity index is 1280. The minimum atomic E-state index is -4.04. The summed E-state index contributed by atoms with van der Waals surface area (Å²) in [5.74, 6) is -0.669. The molecule has 11 heteroatoms. The first-order valence-corrected chi connectivity index (χ1v) is 11.9. The average Bonchev–Trinajstić information content (AvgIpc) is 3.06. The van der Waals surface area contributed by atoms with Crippen LogP contribution in [0.15, 0.2) is 23.1 Å². The molecular weight excluding hydrogens is 443 g/mol. The fourth-order valence-electron chi connectivity index (χ4n) is 3.58. The molecule has 1 N–H and O–H groups in total. The van der Waals surface area contributed by atoms with Gasteiger partial charge in [0.25, 0.3) is 5.91 Å². The number of halogens is 1. The molecule has 3 heterocycles. The van der Waals surface area contributed by atoms with Gasteiger partial charge in [-0.1, -0.05) is 0 Å². The second-order valence-corrected chi connectivity index (χ2v) is 10.1. The van der Waals surface area contributed by atoms with E-state index in [0.29, 0.717) is 15.5 Å². The number of morpholine rings is 1. The Kier molecular flexibility index (Phi) is 5.77. The highest BCUT2D eigenvalue weighted by Crippen LogP contribution is 2.32. The van der Waals surface area contributed by atoms with Crippen LogP contribution in [0.4, 0.5) is 10.1 Å². The van der Waals surface area contributed by atoms with Gasteiger partial charge in [0, 0.05) is 29.9 Å². The molecule has 1 amide bonds. The molecule has 0 bridgehead atoms. The second-order valence-electron chi connectivity index (χ2n) is 7.21. The van der Waals surface area contributed by atoms with E-state index in [2.05, 4.69) is 15.3 Å². The van der Waals surface area contributed by atoms with Crippen LogP contribution in [-0.2, 0) is 14.8 Å². The van der Waals surface area contributed by atoms with E-state index in [1.807, 2.05) is 13.8 Å². The van der Waals surface area contributed by atoms with Gasteiger partial charge >= 0.3 is 0 Å². The van der Waals surface area contributed by atoms with Crippen LogP contribution in [0.25, 0.3) is 10.2 Å². The number of sulfonamides is 1. The van der Waals surface area contributed by atoms with Crippen LogP contribution < -0.4 is 5.32 Å². The summed E-state index contributed by atoms with van der Waals surface area (Å²) in [6.07, 6.45) is 0. The van der Waals surface area contributed by atoms with Crippen LogP contribution in [0.1, 0.15) is 26.8 Å². The number of fused-ring (bicyclic) bond motifs is 1. The Morgan fingerprint density at radius 2 is 1.90 bits per heavy atom. The van der Waals surface area contributed by atoms with E-state index in [0.717, 1.165) is 28.8 Å². The first kappa shape index (κ1) is 21.8. The van der Waals surface area contributed by atoms with Crippen molar-refractivity contribution in [1.29, 1.82) is 0 Å². The van der Waals surface area contributed by atoms with Crippen molar-refractivity contribution in [2.75, 3.05) is 31.6 Å². The first-order chi connectivity index (χ1) is 14.7. The Morgan fingerprint density at radius 1 is 1.19 bits per heavy atom. The number of carbonyl (C=O) groups excluding carboxylic acids is 1. The summed E-state index contributed by atoms with van der Waals surface area (Å²) < 4.78 is 46.5. The van der Waals surface area contributed by atoms with Gasteiger partial charge in [-0.05, 0) is 44.5 Å². The number of anilines is 1. The lowest BCUT2D eigenvalue weighted by atomic mass is 10.1. The molecule has 8 nitrogen and oxygen atoms in total. The number of hydrogen-bond donors (Lipinski definition) is 1. The molecule has 2 aromatic heterocycles. The van der Waals surface area contributed by atoms with E-state index in [4.69, 9.17) is 4.74 Å². The summed E-state index contributed by atoms with van der Waals surface area (Å²) in [6.45, 7) is 6.28. The topological polar surface area (TPSA) is 101 Å². The summed E-state index contributed by atoms with van der Waals surface area (Å²) in [6, 6.07) is 3.53. The fraction of sp³-hybridized carbons (Fsp3) is 0.350. The zero-order valence-corrected chi connectivity index (χ0v) is 18.9. The third-order valence-electron chi connectivity index (χ3n) is 5.07. The van der Waals surface area contributed by atoms with E-state index in [9.17, 15) is 17.6 Å². The van der Waals surface area contributed by atoms with Gasteiger partial charge < -0.3 is 10.1 Å². The lowest BCUT2D eigenvalue weighted by molar-refractivity contribution is 0.0729. The Morgan fingerprint density at radius 3 is 2.61 bits per heavy atom. The minimum Gasteiger partial charge on any atom is -0.379 e. The van der Waals surface area contributed by atoms with E-state index in [1.165, 1.54) is 21.7 Å². The smallest absolute Gasteiger partial charge is 0.266 e. The van der Waals surface area contributed by atoms with Crippen LogP contribution in [0, 0.1) is 26.6 Å². The van der Waals surface area contributed by atoms with Crippen LogP contribution in [0.5, 0.6) is 0 Å². The minimum absolute atomic E-state index is 0.152. The molecular formula is C20H21FN4O4S2. The number of aryl methyl sites for hydroxylation is 3. The molecule has 4 rings (SSSR count). The number of rotatable bonds is 4. The van der Waals surface area contributed by atoms with Crippen molar-refractivity contribution in [3.8, 4) is 0 Å². The van der Waals surface area contributed by atoms with Gasteiger partial charge in [0.2, 0.25) is 10.0 Å². The molecule has 1 fully saturated rings. The third kappa shape index (κ3) is 4.05. The fourth-order valence-corrected chi connectivity index (χ4v) is 6.25. The van der Waals surface area contributed by atoms with Gasteiger partial charge in [0.1, 0.15) is 21.4 Å². The molecule has 1 aliphatic rings. The van der Waals surface area contributed by atoms with E-state index in [1.54, 1.807) is 6.92 Å². The van der Waals surface area contributed by atoms with E-state index >= 15 is 0 Å². The number of aromatic nitrogens is 2. The molecule has 31 heavy (non-hydrogen) atoms. The van der Waals surface area contributed by atoms with Crippen LogP contribution in [0.3, 0.4) is 0 Å². The number of thiophene rings is 1. The lowest BCUT2D eigenvalue weighted by Gasteiger charge is -2.26. The number of carbonyl (C=O) groups is 1. The number of hydrogen-bond acceptors (Lipinski definition) is 7. The molecule has 0 saturated carbocycles. The molecule has 0 radical (unpaired) electrons. The zero-order valence-electron chi connectivity index (χ0n) is 17.2. The van der Waals surface area contributed by atoms with Gasteiger partial charge in [-0.15, -0.1) is 11.3 Å². The number of nitrogens with one attached hydrogen (secondary N) is 1. The predicted octanol–water partition coefficient (Wildman–Crippen LogP) is 3.03. The van der Waals surface area contributed by atoms with Gasteiger partial charge in [-0.3, -0.25) is 4.79 Å². The molecule has 1 saturated heterocycles. The normalized spacial score (nSPS) is 15.4. The van der Waals surface area contributed by atoms with Crippen molar-refractivity contribution < 1.29 is 22.3 Å². The predicted molar refractivity (Wildman–Crippen MR) is 116 cm³/mol. The molecule has 1 aliphatic heterocycles. The van der Waals surface area contributed by atoms with E-state index < -0.39 is 26.6 Å². The van der Waals surface area contributed by atoms with Gasteiger partial charge in [-0.2, -0.15) is 4.31 Å². The van der Waals surface area contributed by atoms with Crippen molar-refractivity contribution in [3.63, 3.8) is 0 Å². The van der Waals surface area contributed by atoms with Crippen LogP contribution >= 0.6 is 11.3 Å². The summed E-state index contributed by atoms with van der Waals surface area (Å²) in [7, 11) is -4.04. The van der Waals surface area contributed by atoms with Crippen LogP contribution in [-0.4, -0.2) is 54.9 Å². The number of benzene rings is 1. The summed E-state index contributed by atoms with van der Waals surface area (Å²) in [5, 5.41) is 3.51. The quantitative estimate of drug-likeness (QED) is 0.637. The third-order valence-corrected chi connectivity index (χ3v) is 8.16.